The van der Waals surface area contributed by atoms with Crippen molar-refractivity contribution in [1.82, 2.24) is 5.48 Å². The number of hydrogen-bond acceptors (Lipinski definition) is 4. The molecule has 0 aromatic heterocycles. The molecule has 6 heteroatoms. The largest absolute Gasteiger partial charge is 0.494 e. The standard InChI is InChI=1S/C23H21FN2O3/c24-19-9-8-18(16-27)22(15-19)23(26-28)25-20-10-12-21(13-11-20)29-14-4-7-17-5-2-1-3-6-17/h1-3,5-6,8-13,15-16,28H,4,7,14H2,(H,25,26). The molecule has 0 fully saturated rings. The molecule has 0 aliphatic heterocycles. The van der Waals surface area contributed by atoms with Gasteiger partial charge in [0.2, 0.25) is 0 Å². The van der Waals surface area contributed by atoms with Crippen LogP contribution in [0.25, 0.3) is 0 Å². The Kier molecular flexibility index (Phi) is 7.08. The van der Waals surface area contributed by atoms with E-state index >= 15 is 0 Å². The normalized spacial score (nSPS) is 11.2. The van der Waals surface area contributed by atoms with Gasteiger partial charge in [0.15, 0.2) is 12.1 Å². The van der Waals surface area contributed by atoms with Crippen LogP contribution < -0.4 is 10.2 Å². The zero-order valence-corrected chi connectivity index (χ0v) is 15.7. The second-order valence-electron chi connectivity index (χ2n) is 6.35. The molecule has 0 amide bonds. The molecule has 0 aliphatic rings. The molecule has 0 aliphatic carbocycles. The number of benzene rings is 3. The van der Waals surface area contributed by atoms with E-state index in [9.17, 15) is 14.4 Å². The molecule has 3 rings (SSSR count). The van der Waals surface area contributed by atoms with Crippen LogP contribution in [0.5, 0.6) is 5.75 Å². The summed E-state index contributed by atoms with van der Waals surface area (Å²) in [4.78, 5) is 15.4. The Morgan fingerprint density at radius 1 is 1.07 bits per heavy atom. The van der Waals surface area contributed by atoms with Gasteiger partial charge in [0.05, 0.1) is 12.3 Å². The van der Waals surface area contributed by atoms with E-state index in [0.717, 1.165) is 18.9 Å². The van der Waals surface area contributed by atoms with Crippen LogP contribution in [0.3, 0.4) is 0 Å². The van der Waals surface area contributed by atoms with E-state index in [1.165, 1.54) is 17.7 Å². The fourth-order valence-electron chi connectivity index (χ4n) is 2.84. The van der Waals surface area contributed by atoms with Crippen molar-refractivity contribution in [3.05, 3.63) is 95.3 Å². The van der Waals surface area contributed by atoms with Gasteiger partial charge in [-0.05, 0) is 60.9 Å². The van der Waals surface area contributed by atoms with Crippen LogP contribution in [0, 0.1) is 5.82 Å². The molecule has 5 nitrogen and oxygen atoms in total. The lowest BCUT2D eigenvalue weighted by molar-refractivity contribution is 0.112. The maximum Gasteiger partial charge on any atom is 0.158 e. The van der Waals surface area contributed by atoms with Crippen LogP contribution in [0.1, 0.15) is 27.9 Å². The summed E-state index contributed by atoms with van der Waals surface area (Å²) in [5, 5.41) is 9.40. The zero-order chi connectivity index (χ0) is 20.5. The third-order valence-corrected chi connectivity index (χ3v) is 4.30. The highest BCUT2D eigenvalue weighted by Crippen LogP contribution is 2.20. The number of nitrogens with one attached hydrogen (secondary N) is 1. The third kappa shape index (κ3) is 5.73. The van der Waals surface area contributed by atoms with Crippen molar-refractivity contribution in [3.8, 4) is 5.75 Å². The molecular formula is C23H21FN2O3. The van der Waals surface area contributed by atoms with E-state index in [4.69, 9.17) is 4.74 Å². The number of ether oxygens (including phenoxy) is 1. The van der Waals surface area contributed by atoms with Gasteiger partial charge in [-0.2, -0.15) is 0 Å². The first-order valence-electron chi connectivity index (χ1n) is 9.20. The average molecular weight is 392 g/mol. The third-order valence-electron chi connectivity index (χ3n) is 4.30. The van der Waals surface area contributed by atoms with Crippen molar-refractivity contribution in [2.75, 3.05) is 6.61 Å². The van der Waals surface area contributed by atoms with Gasteiger partial charge in [0.1, 0.15) is 11.6 Å². The van der Waals surface area contributed by atoms with Gasteiger partial charge < -0.3 is 4.74 Å². The highest BCUT2D eigenvalue weighted by atomic mass is 19.1. The Morgan fingerprint density at radius 2 is 1.83 bits per heavy atom. The quantitative estimate of drug-likeness (QED) is 0.192. The lowest BCUT2D eigenvalue weighted by Crippen LogP contribution is -2.21. The lowest BCUT2D eigenvalue weighted by atomic mass is 10.1. The fraction of sp³-hybridized carbons (Fsp3) is 0.130. The number of aryl methyl sites for hydroxylation is 1. The van der Waals surface area contributed by atoms with Crippen molar-refractivity contribution in [1.29, 1.82) is 0 Å². The number of carbonyl (C=O) groups excluding carboxylic acids is 1. The monoisotopic (exact) mass is 392 g/mol. The first-order chi connectivity index (χ1) is 14.2. The Hall–Kier alpha value is -3.51. The Labute approximate surface area is 168 Å². The van der Waals surface area contributed by atoms with Crippen molar-refractivity contribution in [2.24, 2.45) is 4.99 Å². The fourth-order valence-corrected chi connectivity index (χ4v) is 2.84. The maximum absolute atomic E-state index is 13.5. The zero-order valence-electron chi connectivity index (χ0n) is 15.7. The Morgan fingerprint density at radius 3 is 2.52 bits per heavy atom. The van der Waals surface area contributed by atoms with E-state index in [1.807, 2.05) is 23.7 Å². The molecule has 0 radical (unpaired) electrons. The van der Waals surface area contributed by atoms with Crippen LogP contribution in [-0.2, 0) is 6.42 Å². The summed E-state index contributed by atoms with van der Waals surface area (Å²) in [6.07, 6.45) is 2.42. The van der Waals surface area contributed by atoms with Crippen molar-refractivity contribution >= 4 is 17.8 Å². The van der Waals surface area contributed by atoms with E-state index in [1.54, 1.807) is 24.3 Å². The summed E-state index contributed by atoms with van der Waals surface area (Å²) in [6.45, 7) is 0.590. The SMILES string of the molecule is O=Cc1ccc(F)cc1C(=Nc1ccc(OCCCc2ccccc2)cc1)NO. The molecule has 0 atom stereocenters. The molecular weight excluding hydrogens is 371 g/mol. The van der Waals surface area contributed by atoms with Gasteiger partial charge >= 0.3 is 0 Å². The second kappa shape index (κ2) is 10.1. The molecule has 29 heavy (non-hydrogen) atoms. The maximum atomic E-state index is 13.5. The molecule has 0 unspecified atom stereocenters. The summed E-state index contributed by atoms with van der Waals surface area (Å²) in [5.74, 6) is 0.144. The number of rotatable bonds is 8. The Bertz CT molecular complexity index is 973. The van der Waals surface area contributed by atoms with Crippen molar-refractivity contribution in [2.45, 2.75) is 12.8 Å². The van der Waals surface area contributed by atoms with Gasteiger partial charge in [-0.3, -0.25) is 15.5 Å². The van der Waals surface area contributed by atoms with Gasteiger partial charge in [0.25, 0.3) is 0 Å². The van der Waals surface area contributed by atoms with Crippen LogP contribution in [0.4, 0.5) is 10.1 Å². The summed E-state index contributed by atoms with van der Waals surface area (Å²) in [5.41, 5.74) is 4.11. The minimum atomic E-state index is -0.534. The minimum absolute atomic E-state index is 0.0249. The second-order valence-corrected chi connectivity index (χ2v) is 6.35. The summed E-state index contributed by atoms with van der Waals surface area (Å²) >= 11 is 0. The average Bonchev–Trinajstić information content (AvgIpc) is 2.76. The number of amidine groups is 1. The predicted octanol–water partition coefficient (Wildman–Crippen LogP) is 4.71. The number of hydrogen-bond donors (Lipinski definition) is 2. The van der Waals surface area contributed by atoms with Gasteiger partial charge in [-0.1, -0.05) is 30.3 Å². The summed E-state index contributed by atoms with van der Waals surface area (Å²) in [6, 6.07) is 20.8. The number of halogens is 1. The number of aldehydes is 1. The van der Waals surface area contributed by atoms with Gasteiger partial charge in [-0.15, -0.1) is 0 Å². The summed E-state index contributed by atoms with van der Waals surface area (Å²) in [7, 11) is 0. The molecule has 0 spiro atoms. The molecule has 0 saturated heterocycles. The molecule has 0 saturated carbocycles. The highest BCUT2D eigenvalue weighted by molar-refractivity contribution is 6.05. The summed E-state index contributed by atoms with van der Waals surface area (Å²) < 4.78 is 19.3. The number of hydroxylamine groups is 1. The molecule has 0 heterocycles. The van der Waals surface area contributed by atoms with E-state index < -0.39 is 5.82 Å². The number of aliphatic imine (C=N–C) groups is 1. The van der Waals surface area contributed by atoms with Crippen LogP contribution >= 0.6 is 0 Å². The van der Waals surface area contributed by atoms with Crippen molar-refractivity contribution in [3.63, 3.8) is 0 Å². The lowest BCUT2D eigenvalue weighted by Gasteiger charge is -2.09. The molecule has 3 aromatic carbocycles. The number of nitrogens with zero attached hydrogens (tertiary/aromatic N) is 1. The molecule has 148 valence electrons. The van der Waals surface area contributed by atoms with Crippen LogP contribution in [-0.4, -0.2) is 23.9 Å². The van der Waals surface area contributed by atoms with Crippen molar-refractivity contribution < 1.29 is 19.1 Å². The topological polar surface area (TPSA) is 70.9 Å². The van der Waals surface area contributed by atoms with Crippen LogP contribution in [0.2, 0.25) is 0 Å². The van der Waals surface area contributed by atoms with Crippen LogP contribution in [0.15, 0.2) is 77.8 Å². The van der Waals surface area contributed by atoms with E-state index in [-0.39, 0.29) is 17.0 Å². The van der Waals surface area contributed by atoms with Gasteiger partial charge in [0, 0.05) is 11.1 Å². The van der Waals surface area contributed by atoms with E-state index in [2.05, 4.69) is 17.1 Å². The predicted molar refractivity (Wildman–Crippen MR) is 110 cm³/mol. The minimum Gasteiger partial charge on any atom is -0.494 e. The van der Waals surface area contributed by atoms with Gasteiger partial charge in [-0.25, -0.2) is 9.38 Å². The first kappa shape index (κ1) is 20.2. The van der Waals surface area contributed by atoms with E-state index in [0.29, 0.717) is 24.3 Å². The smallest absolute Gasteiger partial charge is 0.158 e. The molecule has 2 N–H and O–H groups in total. The number of carbonyl (C=O) groups is 1. The first-order valence-corrected chi connectivity index (χ1v) is 9.20. The highest BCUT2D eigenvalue weighted by Gasteiger charge is 2.10. The molecule has 0 bridgehead atoms. The Balaban J connectivity index is 1.63. The molecule has 3 aromatic rings.